The van der Waals surface area contributed by atoms with E-state index in [1.807, 2.05) is 4.90 Å². The van der Waals surface area contributed by atoms with Gasteiger partial charge in [-0.1, -0.05) is 0 Å². The smallest absolute Gasteiger partial charge is 0.416 e. The average Bonchev–Trinajstić information content (AvgIpc) is 2.91. The van der Waals surface area contributed by atoms with Crippen molar-refractivity contribution in [3.8, 4) is 0 Å². The third-order valence-corrected chi connectivity index (χ3v) is 7.62. The molecule has 2 fully saturated rings. The molecule has 2 saturated heterocycles. The molecule has 0 radical (unpaired) electrons. The number of aromatic nitrogens is 2. The lowest BCUT2D eigenvalue weighted by atomic mass is 9.82. The van der Waals surface area contributed by atoms with E-state index in [9.17, 15) is 22.8 Å². The first-order valence-corrected chi connectivity index (χ1v) is 12.7. The summed E-state index contributed by atoms with van der Waals surface area (Å²) < 4.78 is 45.6. The Labute approximate surface area is 213 Å². The van der Waals surface area contributed by atoms with Crippen molar-refractivity contribution in [3.05, 3.63) is 47.8 Å². The van der Waals surface area contributed by atoms with E-state index < -0.39 is 17.7 Å². The van der Waals surface area contributed by atoms with Crippen LogP contribution in [-0.4, -0.2) is 72.1 Å². The van der Waals surface area contributed by atoms with Crippen molar-refractivity contribution in [3.63, 3.8) is 0 Å². The van der Waals surface area contributed by atoms with Crippen LogP contribution in [0.5, 0.6) is 0 Å². The standard InChI is InChI=1S/C26H30F3N5O3/c1-2-37-24(36)17-6-10-32(11-7-17)23(35)20-15-18-14-19(26(27,28)29)4-5-21(18)34-13-12-33(16-22(20)34)25-30-8-3-9-31-25/h3-5,8-9,14,17,20,22H,2,6-7,10-13,15-16H2,1H3/t20-,22-/m0/s1. The Morgan fingerprint density at radius 3 is 2.49 bits per heavy atom. The number of piperazine rings is 1. The molecule has 1 aromatic heterocycles. The maximum atomic E-state index is 13.9. The molecular formula is C26H30F3N5O3. The molecule has 4 heterocycles. The molecule has 2 aromatic rings. The number of esters is 1. The second kappa shape index (κ2) is 10.2. The third kappa shape index (κ3) is 5.08. The van der Waals surface area contributed by atoms with Gasteiger partial charge in [0.25, 0.3) is 0 Å². The Bertz CT molecular complexity index is 1140. The number of piperidine rings is 1. The molecule has 0 aliphatic carbocycles. The molecule has 0 saturated carbocycles. The second-order valence-corrected chi connectivity index (χ2v) is 9.76. The summed E-state index contributed by atoms with van der Waals surface area (Å²) in [5.41, 5.74) is 0.578. The number of anilines is 2. The van der Waals surface area contributed by atoms with Gasteiger partial charge in [-0.15, -0.1) is 0 Å². The van der Waals surface area contributed by atoms with Gasteiger partial charge in [-0.3, -0.25) is 9.59 Å². The van der Waals surface area contributed by atoms with Crippen molar-refractivity contribution in [2.24, 2.45) is 11.8 Å². The fraction of sp³-hybridized carbons (Fsp3) is 0.538. The highest BCUT2D eigenvalue weighted by atomic mass is 19.4. The second-order valence-electron chi connectivity index (χ2n) is 9.76. The Morgan fingerprint density at radius 2 is 1.81 bits per heavy atom. The molecule has 0 spiro atoms. The molecule has 8 nitrogen and oxygen atoms in total. The largest absolute Gasteiger partial charge is 0.466 e. The van der Waals surface area contributed by atoms with Crippen LogP contribution >= 0.6 is 0 Å². The molecule has 1 amide bonds. The molecule has 5 rings (SSSR count). The van der Waals surface area contributed by atoms with E-state index in [4.69, 9.17) is 4.74 Å². The molecule has 0 N–H and O–H groups in total. The van der Waals surface area contributed by atoms with Crippen molar-refractivity contribution >= 4 is 23.5 Å². The molecular weight excluding hydrogens is 487 g/mol. The highest BCUT2D eigenvalue weighted by Crippen LogP contribution is 2.40. The van der Waals surface area contributed by atoms with Crippen LogP contribution in [0, 0.1) is 11.8 Å². The molecule has 2 atom stereocenters. The summed E-state index contributed by atoms with van der Waals surface area (Å²) in [5.74, 6) is -0.514. The Balaban J connectivity index is 1.41. The van der Waals surface area contributed by atoms with E-state index in [0.717, 1.165) is 11.8 Å². The van der Waals surface area contributed by atoms with Crippen LogP contribution in [0.15, 0.2) is 36.7 Å². The zero-order valence-corrected chi connectivity index (χ0v) is 20.7. The average molecular weight is 518 g/mol. The number of rotatable bonds is 4. The van der Waals surface area contributed by atoms with E-state index in [1.165, 1.54) is 12.1 Å². The number of hydrogen-bond acceptors (Lipinski definition) is 7. The monoisotopic (exact) mass is 517 g/mol. The lowest BCUT2D eigenvalue weighted by molar-refractivity contribution is -0.152. The van der Waals surface area contributed by atoms with Crippen LogP contribution in [0.25, 0.3) is 0 Å². The zero-order valence-electron chi connectivity index (χ0n) is 20.7. The fourth-order valence-electron chi connectivity index (χ4n) is 5.75. The van der Waals surface area contributed by atoms with E-state index >= 15 is 0 Å². The number of carbonyl (C=O) groups is 2. The number of halogens is 3. The van der Waals surface area contributed by atoms with Gasteiger partial charge < -0.3 is 19.4 Å². The van der Waals surface area contributed by atoms with Gasteiger partial charge in [0.2, 0.25) is 11.9 Å². The van der Waals surface area contributed by atoms with Gasteiger partial charge in [0.1, 0.15) is 0 Å². The van der Waals surface area contributed by atoms with E-state index in [1.54, 1.807) is 30.3 Å². The van der Waals surface area contributed by atoms with Crippen LogP contribution in [-0.2, 0) is 26.9 Å². The maximum Gasteiger partial charge on any atom is 0.416 e. The number of carbonyl (C=O) groups excluding carboxylic acids is 2. The zero-order chi connectivity index (χ0) is 26.2. The lowest BCUT2D eigenvalue weighted by Crippen LogP contribution is -2.62. The number of ether oxygens (including phenoxy) is 1. The van der Waals surface area contributed by atoms with Crippen LogP contribution < -0.4 is 9.80 Å². The number of likely N-dealkylation sites (tertiary alicyclic amines) is 1. The van der Waals surface area contributed by atoms with Gasteiger partial charge in [-0.05, 0) is 56.0 Å². The first kappa shape index (κ1) is 25.3. The van der Waals surface area contributed by atoms with Crippen LogP contribution in [0.4, 0.5) is 24.8 Å². The van der Waals surface area contributed by atoms with Crippen LogP contribution in [0.2, 0.25) is 0 Å². The molecule has 11 heteroatoms. The topological polar surface area (TPSA) is 78.9 Å². The van der Waals surface area contributed by atoms with Gasteiger partial charge in [0.15, 0.2) is 0 Å². The van der Waals surface area contributed by atoms with Crippen molar-refractivity contribution in [1.29, 1.82) is 0 Å². The van der Waals surface area contributed by atoms with Gasteiger partial charge in [0, 0.05) is 50.8 Å². The maximum absolute atomic E-state index is 13.9. The lowest BCUT2D eigenvalue weighted by Gasteiger charge is -2.50. The predicted octanol–water partition coefficient (Wildman–Crippen LogP) is 3.16. The van der Waals surface area contributed by atoms with Crippen molar-refractivity contribution < 1.29 is 27.5 Å². The summed E-state index contributed by atoms with van der Waals surface area (Å²) >= 11 is 0. The molecule has 198 valence electrons. The molecule has 3 aliphatic rings. The minimum Gasteiger partial charge on any atom is -0.466 e. The van der Waals surface area contributed by atoms with Gasteiger partial charge in [-0.2, -0.15) is 13.2 Å². The molecule has 1 aromatic carbocycles. The third-order valence-electron chi connectivity index (χ3n) is 7.62. The SMILES string of the molecule is CCOC(=O)C1CCN(C(=O)[C@H]2Cc3cc(C(F)(F)F)ccc3N3CCN(c4ncccn4)C[C@@H]23)CC1. The minimum absolute atomic E-state index is 0.0869. The first-order chi connectivity index (χ1) is 17.8. The number of nitrogens with zero attached hydrogens (tertiary/aromatic N) is 5. The van der Waals surface area contributed by atoms with Crippen molar-refractivity contribution in [1.82, 2.24) is 14.9 Å². The summed E-state index contributed by atoms with van der Waals surface area (Å²) in [6.45, 7) is 4.54. The summed E-state index contributed by atoms with van der Waals surface area (Å²) in [7, 11) is 0. The van der Waals surface area contributed by atoms with Crippen LogP contribution in [0.3, 0.4) is 0 Å². The minimum atomic E-state index is -4.45. The van der Waals surface area contributed by atoms with Crippen LogP contribution in [0.1, 0.15) is 30.9 Å². The highest BCUT2D eigenvalue weighted by molar-refractivity contribution is 5.83. The fourth-order valence-corrected chi connectivity index (χ4v) is 5.75. The summed E-state index contributed by atoms with van der Waals surface area (Å²) in [6, 6.07) is 5.33. The normalized spacial score (nSPS) is 22.3. The van der Waals surface area contributed by atoms with Crippen molar-refractivity contribution in [2.75, 3.05) is 49.1 Å². The van der Waals surface area contributed by atoms with E-state index in [-0.39, 0.29) is 30.3 Å². The quantitative estimate of drug-likeness (QED) is 0.577. The Kier molecular flexibility index (Phi) is 6.96. The number of hydrogen-bond donors (Lipinski definition) is 0. The summed E-state index contributed by atoms with van der Waals surface area (Å²) in [4.78, 5) is 40.6. The van der Waals surface area contributed by atoms with E-state index in [2.05, 4.69) is 14.9 Å². The number of alkyl halides is 3. The number of amides is 1. The number of benzene rings is 1. The predicted molar refractivity (Wildman–Crippen MR) is 130 cm³/mol. The number of fused-ring (bicyclic) bond motifs is 3. The summed E-state index contributed by atoms with van der Waals surface area (Å²) in [5, 5.41) is 0. The van der Waals surface area contributed by atoms with Gasteiger partial charge in [-0.25, -0.2) is 9.97 Å². The Hall–Kier alpha value is -3.37. The van der Waals surface area contributed by atoms with Gasteiger partial charge >= 0.3 is 12.1 Å². The summed E-state index contributed by atoms with van der Waals surface area (Å²) in [6.07, 6.45) is 0.138. The molecule has 0 bridgehead atoms. The molecule has 37 heavy (non-hydrogen) atoms. The molecule has 0 unspecified atom stereocenters. The van der Waals surface area contributed by atoms with E-state index in [0.29, 0.717) is 63.7 Å². The first-order valence-electron chi connectivity index (χ1n) is 12.7. The Morgan fingerprint density at radius 1 is 1.08 bits per heavy atom. The van der Waals surface area contributed by atoms with Crippen molar-refractivity contribution in [2.45, 2.75) is 38.4 Å². The molecule has 3 aliphatic heterocycles. The highest BCUT2D eigenvalue weighted by Gasteiger charge is 2.45. The van der Waals surface area contributed by atoms with Gasteiger partial charge in [0.05, 0.1) is 30.0 Å².